The highest BCUT2D eigenvalue weighted by Crippen LogP contribution is 2.37. The molecule has 1 fully saturated rings. The van der Waals surface area contributed by atoms with Crippen molar-refractivity contribution in [2.75, 3.05) is 0 Å². The van der Waals surface area contributed by atoms with Crippen molar-refractivity contribution in [1.29, 1.82) is 0 Å². The molecule has 0 aromatic heterocycles. The van der Waals surface area contributed by atoms with E-state index >= 15 is 0 Å². The largest absolute Gasteiger partial charge is 0.324 e. The van der Waals surface area contributed by atoms with Crippen molar-refractivity contribution in [2.45, 2.75) is 55.7 Å². The van der Waals surface area contributed by atoms with Crippen molar-refractivity contribution in [3.8, 4) is 0 Å². The fourth-order valence-electron chi connectivity index (χ4n) is 2.56. The fourth-order valence-corrected chi connectivity index (χ4v) is 3.95. The smallest absolute Gasteiger partial charge is 0.137 e. The summed E-state index contributed by atoms with van der Waals surface area (Å²) in [6, 6.07) is 5.31. The molecule has 0 aliphatic heterocycles. The molecule has 1 aliphatic carbocycles. The van der Waals surface area contributed by atoms with E-state index in [4.69, 9.17) is 5.73 Å². The quantitative estimate of drug-likeness (QED) is 0.871. The Balaban J connectivity index is 2.05. The second-order valence-electron chi connectivity index (χ2n) is 5.49. The maximum absolute atomic E-state index is 14.0. The average molecular weight is 267 g/mol. The third-order valence-electron chi connectivity index (χ3n) is 3.66. The maximum Gasteiger partial charge on any atom is 0.137 e. The van der Waals surface area contributed by atoms with E-state index in [0.717, 1.165) is 16.4 Å². The molecule has 1 nitrogen and oxygen atoms in total. The minimum absolute atomic E-state index is 0.103. The van der Waals surface area contributed by atoms with Gasteiger partial charge in [-0.1, -0.05) is 25.8 Å². The molecule has 1 aromatic carbocycles. The second-order valence-corrected chi connectivity index (χ2v) is 6.83. The first kappa shape index (κ1) is 13.9. The average Bonchev–Trinajstić information content (AvgIpc) is 2.31. The number of rotatable bonds is 3. The van der Waals surface area contributed by atoms with Gasteiger partial charge < -0.3 is 5.73 Å². The fraction of sp³-hybridized carbons (Fsp3) is 0.600. The zero-order valence-electron chi connectivity index (χ0n) is 11.2. The summed E-state index contributed by atoms with van der Waals surface area (Å²) in [6.07, 6.45) is 5.02. The van der Waals surface area contributed by atoms with Gasteiger partial charge >= 0.3 is 0 Å². The minimum atomic E-state index is -0.118. The summed E-state index contributed by atoms with van der Waals surface area (Å²) in [7, 11) is 0. The molecule has 0 heterocycles. The zero-order valence-corrected chi connectivity index (χ0v) is 12.0. The summed E-state index contributed by atoms with van der Waals surface area (Å²) in [5, 5.41) is 0.574. The van der Waals surface area contributed by atoms with Crippen LogP contribution in [-0.2, 0) is 0 Å². The Bertz CT molecular complexity index is 405. The van der Waals surface area contributed by atoms with Crippen LogP contribution in [0.3, 0.4) is 0 Å². The molecule has 100 valence electrons. The van der Waals surface area contributed by atoms with Gasteiger partial charge in [0.25, 0.3) is 0 Å². The Morgan fingerprint density at radius 1 is 1.39 bits per heavy atom. The first-order chi connectivity index (χ1) is 8.56. The van der Waals surface area contributed by atoms with E-state index in [-0.39, 0.29) is 11.9 Å². The standard InChI is InChI=1S/C15H22FNS/c1-10-4-3-5-13(8-10)18-15-7-6-12(11(2)17)9-14(15)16/h6-7,9-11,13H,3-5,8,17H2,1-2H3/t10?,11-,13?/m0/s1. The van der Waals surface area contributed by atoms with Gasteiger partial charge in [-0.25, -0.2) is 4.39 Å². The number of hydrogen-bond donors (Lipinski definition) is 1. The molecule has 0 spiro atoms. The van der Waals surface area contributed by atoms with Crippen LogP contribution in [0.1, 0.15) is 51.1 Å². The van der Waals surface area contributed by atoms with Gasteiger partial charge in [0.2, 0.25) is 0 Å². The summed E-state index contributed by atoms with van der Waals surface area (Å²) in [6.45, 7) is 4.17. The van der Waals surface area contributed by atoms with Crippen molar-refractivity contribution in [3.63, 3.8) is 0 Å². The van der Waals surface area contributed by atoms with E-state index in [9.17, 15) is 4.39 Å². The third kappa shape index (κ3) is 3.48. The summed E-state index contributed by atoms with van der Waals surface area (Å²) in [5.41, 5.74) is 6.63. The van der Waals surface area contributed by atoms with Crippen LogP contribution in [0.2, 0.25) is 0 Å². The highest BCUT2D eigenvalue weighted by atomic mass is 32.2. The van der Waals surface area contributed by atoms with Crippen molar-refractivity contribution >= 4 is 11.8 Å². The minimum Gasteiger partial charge on any atom is -0.324 e. The first-order valence-corrected chi connectivity index (χ1v) is 7.66. The summed E-state index contributed by atoms with van der Waals surface area (Å²) < 4.78 is 14.0. The van der Waals surface area contributed by atoms with Crippen LogP contribution in [0, 0.1) is 11.7 Å². The first-order valence-electron chi connectivity index (χ1n) is 6.78. The number of benzene rings is 1. The topological polar surface area (TPSA) is 26.0 Å². The van der Waals surface area contributed by atoms with Crippen molar-refractivity contribution in [1.82, 2.24) is 0 Å². The van der Waals surface area contributed by atoms with Gasteiger partial charge in [0.1, 0.15) is 5.82 Å². The molecule has 0 bridgehead atoms. The van der Waals surface area contributed by atoms with E-state index in [1.54, 1.807) is 17.8 Å². The molecule has 2 unspecified atom stereocenters. The summed E-state index contributed by atoms with van der Waals surface area (Å²) in [4.78, 5) is 0.776. The second kappa shape index (κ2) is 6.07. The molecule has 1 saturated carbocycles. The zero-order chi connectivity index (χ0) is 13.1. The molecule has 3 atom stereocenters. The van der Waals surface area contributed by atoms with E-state index in [2.05, 4.69) is 6.92 Å². The molecule has 1 aliphatic rings. The van der Waals surface area contributed by atoms with Crippen LogP contribution in [0.25, 0.3) is 0 Å². The molecular formula is C15H22FNS. The molecule has 2 N–H and O–H groups in total. The van der Waals surface area contributed by atoms with Gasteiger partial charge in [-0.15, -0.1) is 11.8 Å². The predicted molar refractivity (Wildman–Crippen MR) is 76.3 cm³/mol. The number of nitrogens with two attached hydrogens (primary N) is 1. The molecule has 3 heteroatoms. The van der Waals surface area contributed by atoms with E-state index in [1.165, 1.54) is 25.7 Å². The summed E-state index contributed by atoms with van der Waals surface area (Å²) >= 11 is 1.70. The lowest BCUT2D eigenvalue weighted by Crippen LogP contribution is -2.15. The highest BCUT2D eigenvalue weighted by Gasteiger charge is 2.21. The highest BCUT2D eigenvalue weighted by molar-refractivity contribution is 8.00. The normalized spacial score (nSPS) is 26.0. The van der Waals surface area contributed by atoms with E-state index < -0.39 is 0 Å². The van der Waals surface area contributed by atoms with Gasteiger partial charge in [0.15, 0.2) is 0 Å². The lowest BCUT2D eigenvalue weighted by molar-refractivity contribution is 0.394. The summed E-state index contributed by atoms with van der Waals surface area (Å²) in [5.74, 6) is 0.663. The van der Waals surface area contributed by atoms with Crippen LogP contribution < -0.4 is 5.73 Å². The van der Waals surface area contributed by atoms with Crippen molar-refractivity contribution in [3.05, 3.63) is 29.6 Å². The van der Waals surface area contributed by atoms with Gasteiger partial charge in [-0.3, -0.25) is 0 Å². The molecule has 0 saturated heterocycles. The van der Waals surface area contributed by atoms with Gasteiger partial charge in [-0.05, 0) is 43.4 Å². The van der Waals surface area contributed by atoms with Gasteiger partial charge in [0, 0.05) is 16.2 Å². The molecule has 1 aromatic rings. The van der Waals surface area contributed by atoms with E-state index in [0.29, 0.717) is 5.25 Å². The lowest BCUT2D eigenvalue weighted by atomic mass is 9.91. The van der Waals surface area contributed by atoms with Crippen LogP contribution >= 0.6 is 11.8 Å². The van der Waals surface area contributed by atoms with Crippen molar-refractivity contribution < 1.29 is 4.39 Å². The molecule has 0 amide bonds. The SMILES string of the molecule is CC1CCCC(Sc2ccc([C@H](C)N)cc2F)C1. The van der Waals surface area contributed by atoms with Crippen LogP contribution in [-0.4, -0.2) is 5.25 Å². The molecular weight excluding hydrogens is 245 g/mol. The molecule has 18 heavy (non-hydrogen) atoms. The maximum atomic E-state index is 14.0. The molecule has 2 rings (SSSR count). The monoisotopic (exact) mass is 267 g/mol. The Kier molecular flexibility index (Phi) is 4.68. The van der Waals surface area contributed by atoms with Gasteiger partial charge in [0.05, 0.1) is 0 Å². The Morgan fingerprint density at radius 3 is 2.78 bits per heavy atom. The lowest BCUT2D eigenvalue weighted by Gasteiger charge is -2.26. The Labute approximate surface area is 113 Å². The number of thioether (sulfide) groups is 1. The van der Waals surface area contributed by atoms with E-state index in [1.807, 2.05) is 19.1 Å². The number of halogens is 1. The third-order valence-corrected chi connectivity index (χ3v) is 5.01. The number of hydrogen-bond acceptors (Lipinski definition) is 2. The Morgan fingerprint density at radius 2 is 2.17 bits per heavy atom. The molecule has 0 radical (unpaired) electrons. The van der Waals surface area contributed by atoms with Crippen molar-refractivity contribution in [2.24, 2.45) is 11.7 Å². The van der Waals surface area contributed by atoms with Gasteiger partial charge in [-0.2, -0.15) is 0 Å². The Hall–Kier alpha value is -0.540. The predicted octanol–water partition coefficient (Wildman–Crippen LogP) is 4.52. The van der Waals surface area contributed by atoms with Crippen LogP contribution in [0.15, 0.2) is 23.1 Å². The van der Waals surface area contributed by atoms with Crippen LogP contribution in [0.5, 0.6) is 0 Å². The van der Waals surface area contributed by atoms with Crippen LogP contribution in [0.4, 0.5) is 4.39 Å².